The molecule has 0 aromatic heterocycles. The van der Waals surface area contributed by atoms with Crippen LogP contribution in [0.1, 0.15) is 22.7 Å². The summed E-state index contributed by atoms with van der Waals surface area (Å²) in [6.45, 7) is 1.97. The molecule has 1 unspecified atom stereocenters. The molecule has 3 aromatic rings. The van der Waals surface area contributed by atoms with Gasteiger partial charge in [-0.05, 0) is 24.6 Å². The summed E-state index contributed by atoms with van der Waals surface area (Å²) in [5, 5.41) is 11.0. The maximum Gasteiger partial charge on any atom is 0.300 e. The molecular formula is C25H21NO4. The number of aliphatic hydroxyl groups excluding tert-OH is 1. The van der Waals surface area contributed by atoms with Gasteiger partial charge in [-0.25, -0.2) is 0 Å². The lowest BCUT2D eigenvalue weighted by Gasteiger charge is -2.25. The molecule has 0 aliphatic carbocycles. The average Bonchev–Trinajstić information content (AvgIpc) is 3.05. The molecule has 3 aromatic carbocycles. The van der Waals surface area contributed by atoms with Crippen molar-refractivity contribution in [2.75, 3.05) is 12.0 Å². The van der Waals surface area contributed by atoms with E-state index in [2.05, 4.69) is 0 Å². The second-order valence-electron chi connectivity index (χ2n) is 7.15. The first-order valence-electron chi connectivity index (χ1n) is 9.58. The highest BCUT2D eigenvalue weighted by molar-refractivity contribution is 6.51. The normalized spacial score (nSPS) is 17.9. The molecule has 0 radical (unpaired) electrons. The highest BCUT2D eigenvalue weighted by Gasteiger charge is 2.47. The van der Waals surface area contributed by atoms with Gasteiger partial charge >= 0.3 is 0 Å². The summed E-state index contributed by atoms with van der Waals surface area (Å²) in [4.78, 5) is 27.6. The number of carbonyl (C=O) groups is 2. The fourth-order valence-electron chi connectivity index (χ4n) is 3.67. The number of nitrogens with zero attached hydrogens (tertiary/aromatic N) is 1. The molecular weight excluding hydrogens is 378 g/mol. The van der Waals surface area contributed by atoms with Crippen LogP contribution in [-0.4, -0.2) is 23.9 Å². The molecule has 5 nitrogen and oxygen atoms in total. The van der Waals surface area contributed by atoms with E-state index in [1.54, 1.807) is 55.6 Å². The van der Waals surface area contributed by atoms with Crippen LogP contribution in [0.2, 0.25) is 0 Å². The van der Waals surface area contributed by atoms with Gasteiger partial charge in [0.25, 0.3) is 11.7 Å². The standard InChI is InChI=1S/C25H21NO4/c1-16-11-13-17(14-12-16)22-21(23(27)18-7-4-3-5-8-18)24(28)25(29)26(22)19-9-6-10-20(15-19)30-2/h3-15,22,27H,1-2H3. The number of methoxy groups -OCH3 is 1. The van der Waals surface area contributed by atoms with Crippen LogP contribution in [0.5, 0.6) is 5.75 Å². The van der Waals surface area contributed by atoms with Gasteiger partial charge < -0.3 is 9.84 Å². The molecule has 30 heavy (non-hydrogen) atoms. The summed E-state index contributed by atoms with van der Waals surface area (Å²) in [6.07, 6.45) is 0. The minimum Gasteiger partial charge on any atom is -0.507 e. The third-order valence-corrected chi connectivity index (χ3v) is 5.22. The molecule has 5 heteroatoms. The Balaban J connectivity index is 1.94. The molecule has 1 aliphatic heterocycles. The first-order chi connectivity index (χ1) is 14.5. The highest BCUT2D eigenvalue weighted by atomic mass is 16.5. The van der Waals surface area contributed by atoms with Crippen molar-refractivity contribution in [1.82, 2.24) is 0 Å². The number of ketones is 1. The van der Waals surface area contributed by atoms with E-state index >= 15 is 0 Å². The summed E-state index contributed by atoms with van der Waals surface area (Å²) in [5.41, 5.74) is 2.87. The van der Waals surface area contributed by atoms with Gasteiger partial charge in [-0.1, -0.05) is 66.2 Å². The van der Waals surface area contributed by atoms with E-state index in [0.717, 1.165) is 11.1 Å². The smallest absolute Gasteiger partial charge is 0.300 e. The number of anilines is 1. The van der Waals surface area contributed by atoms with E-state index in [4.69, 9.17) is 4.74 Å². The van der Waals surface area contributed by atoms with Gasteiger partial charge in [0.15, 0.2) is 0 Å². The Labute approximate surface area is 174 Å². The van der Waals surface area contributed by atoms with Crippen LogP contribution in [0, 0.1) is 6.92 Å². The van der Waals surface area contributed by atoms with Crippen molar-refractivity contribution >= 4 is 23.1 Å². The van der Waals surface area contributed by atoms with Gasteiger partial charge in [0.2, 0.25) is 0 Å². The topological polar surface area (TPSA) is 66.8 Å². The van der Waals surface area contributed by atoms with Crippen molar-refractivity contribution in [3.8, 4) is 5.75 Å². The average molecular weight is 399 g/mol. The summed E-state index contributed by atoms with van der Waals surface area (Å²) in [7, 11) is 1.54. The zero-order valence-corrected chi connectivity index (χ0v) is 16.7. The molecule has 4 rings (SSSR count). The van der Waals surface area contributed by atoms with Gasteiger partial charge in [-0.2, -0.15) is 0 Å². The lowest BCUT2D eigenvalue weighted by molar-refractivity contribution is -0.132. The molecule has 0 bridgehead atoms. The van der Waals surface area contributed by atoms with Crippen LogP contribution in [-0.2, 0) is 9.59 Å². The Bertz CT molecular complexity index is 1130. The number of Topliss-reactive ketones (excluding diaryl/α,β-unsaturated/α-hetero) is 1. The van der Waals surface area contributed by atoms with Gasteiger partial charge in [0.05, 0.1) is 18.7 Å². The lowest BCUT2D eigenvalue weighted by atomic mass is 9.94. The first-order valence-corrected chi connectivity index (χ1v) is 9.58. The molecule has 1 aliphatic rings. The number of hydrogen-bond acceptors (Lipinski definition) is 4. The molecule has 1 heterocycles. The Morgan fingerprint density at radius 3 is 2.30 bits per heavy atom. The van der Waals surface area contributed by atoms with E-state index in [1.165, 1.54) is 4.90 Å². The summed E-state index contributed by atoms with van der Waals surface area (Å²) >= 11 is 0. The van der Waals surface area contributed by atoms with Crippen LogP contribution >= 0.6 is 0 Å². The van der Waals surface area contributed by atoms with Crippen LogP contribution in [0.25, 0.3) is 5.76 Å². The predicted molar refractivity (Wildman–Crippen MR) is 115 cm³/mol. The van der Waals surface area contributed by atoms with Crippen LogP contribution in [0.15, 0.2) is 84.4 Å². The van der Waals surface area contributed by atoms with Crippen LogP contribution in [0.3, 0.4) is 0 Å². The van der Waals surface area contributed by atoms with Gasteiger partial charge in [-0.3, -0.25) is 14.5 Å². The molecule has 1 fully saturated rings. The molecule has 1 atom stereocenters. The molecule has 1 amide bonds. The second-order valence-corrected chi connectivity index (χ2v) is 7.15. The number of rotatable bonds is 4. The number of ether oxygens (including phenoxy) is 1. The fourth-order valence-corrected chi connectivity index (χ4v) is 3.67. The van der Waals surface area contributed by atoms with Crippen molar-refractivity contribution in [3.05, 3.63) is 101 Å². The number of hydrogen-bond donors (Lipinski definition) is 1. The predicted octanol–water partition coefficient (Wildman–Crippen LogP) is 4.63. The number of aryl methyl sites for hydroxylation is 1. The molecule has 0 saturated carbocycles. The first kappa shape index (κ1) is 19.5. The number of amides is 1. The second kappa shape index (κ2) is 7.87. The van der Waals surface area contributed by atoms with Crippen molar-refractivity contribution in [2.24, 2.45) is 0 Å². The molecule has 1 N–H and O–H groups in total. The van der Waals surface area contributed by atoms with Crippen molar-refractivity contribution in [2.45, 2.75) is 13.0 Å². The molecule has 1 saturated heterocycles. The maximum absolute atomic E-state index is 13.1. The zero-order chi connectivity index (χ0) is 21.3. The van der Waals surface area contributed by atoms with E-state index in [1.807, 2.05) is 37.3 Å². The van der Waals surface area contributed by atoms with Crippen molar-refractivity contribution in [1.29, 1.82) is 0 Å². The Hall–Kier alpha value is -3.86. The molecule has 0 spiro atoms. The van der Waals surface area contributed by atoms with E-state index in [0.29, 0.717) is 17.0 Å². The van der Waals surface area contributed by atoms with Gasteiger partial charge in [-0.15, -0.1) is 0 Å². The van der Waals surface area contributed by atoms with Gasteiger partial charge in [0, 0.05) is 17.3 Å². The lowest BCUT2D eigenvalue weighted by Crippen LogP contribution is -2.29. The van der Waals surface area contributed by atoms with Crippen LogP contribution in [0.4, 0.5) is 5.69 Å². The number of benzene rings is 3. The van der Waals surface area contributed by atoms with Crippen molar-refractivity contribution < 1.29 is 19.4 Å². The third-order valence-electron chi connectivity index (χ3n) is 5.22. The van der Waals surface area contributed by atoms with E-state index in [9.17, 15) is 14.7 Å². The van der Waals surface area contributed by atoms with Crippen molar-refractivity contribution in [3.63, 3.8) is 0 Å². The Morgan fingerprint density at radius 2 is 1.63 bits per heavy atom. The van der Waals surface area contributed by atoms with E-state index in [-0.39, 0.29) is 11.3 Å². The van der Waals surface area contributed by atoms with E-state index < -0.39 is 17.7 Å². The SMILES string of the molecule is COc1cccc(N2C(=O)C(=O)C(=C(O)c3ccccc3)C2c2ccc(C)cc2)c1. The largest absolute Gasteiger partial charge is 0.507 e. The number of aliphatic hydroxyl groups is 1. The Kier molecular flexibility index (Phi) is 5.11. The number of carbonyl (C=O) groups excluding carboxylic acids is 2. The summed E-state index contributed by atoms with van der Waals surface area (Å²) in [5.74, 6) is -1.03. The summed E-state index contributed by atoms with van der Waals surface area (Å²) in [6, 6.07) is 22.6. The Morgan fingerprint density at radius 1 is 0.933 bits per heavy atom. The van der Waals surface area contributed by atoms with Crippen LogP contribution < -0.4 is 9.64 Å². The quantitative estimate of drug-likeness (QED) is 0.395. The minimum atomic E-state index is -0.752. The van der Waals surface area contributed by atoms with Gasteiger partial charge in [0.1, 0.15) is 11.5 Å². The minimum absolute atomic E-state index is 0.0675. The maximum atomic E-state index is 13.1. The summed E-state index contributed by atoms with van der Waals surface area (Å²) < 4.78 is 5.29. The monoisotopic (exact) mass is 399 g/mol. The molecule has 150 valence electrons. The third kappa shape index (κ3) is 3.35. The fraction of sp³-hybridized carbons (Fsp3) is 0.120. The highest BCUT2D eigenvalue weighted by Crippen LogP contribution is 2.42. The zero-order valence-electron chi connectivity index (χ0n) is 16.7.